The van der Waals surface area contributed by atoms with E-state index in [2.05, 4.69) is 21.6 Å². The van der Waals surface area contributed by atoms with E-state index in [1.807, 2.05) is 31.2 Å². The lowest BCUT2D eigenvalue weighted by Gasteiger charge is -2.14. The average Bonchev–Trinajstić information content (AvgIpc) is 2.86. The number of sulfonamides is 1. The van der Waals surface area contributed by atoms with E-state index in [4.69, 9.17) is 0 Å². The molecule has 2 N–H and O–H groups in total. The molecule has 0 spiro atoms. The largest absolute Gasteiger partial charge is 0.332 e. The maximum Gasteiger partial charge on any atom is 0.258 e. The van der Waals surface area contributed by atoms with Gasteiger partial charge in [0.25, 0.3) is 10.0 Å². The molecule has 0 amide bonds. The summed E-state index contributed by atoms with van der Waals surface area (Å²) in [6.07, 6.45) is 2.29. The van der Waals surface area contributed by atoms with Crippen LogP contribution >= 0.6 is 0 Å². The maximum absolute atomic E-state index is 12.2. The highest BCUT2D eigenvalue weighted by atomic mass is 32.2. The highest BCUT2D eigenvalue weighted by Gasteiger charge is 2.20. The van der Waals surface area contributed by atoms with E-state index in [-0.39, 0.29) is 11.1 Å². The summed E-state index contributed by atoms with van der Waals surface area (Å²) in [5.41, 5.74) is 2.16. The molecule has 0 aliphatic carbocycles. The standard InChI is InChI=1S/C14H19N3O2S/c1-4-12-5-7-13(8-6-12)10(2)17-20(18,19)14-9-15-11(3)16-14/h5-10,17H,4H2,1-3H3,(H,15,16). The molecule has 0 saturated carbocycles. The third-order valence-corrected chi connectivity index (χ3v) is 4.64. The molecule has 1 aromatic carbocycles. The third-order valence-electron chi connectivity index (χ3n) is 3.19. The molecule has 0 aliphatic rings. The number of H-pyrrole nitrogens is 1. The molecule has 2 rings (SSSR count). The number of aryl methyl sites for hydroxylation is 2. The minimum Gasteiger partial charge on any atom is -0.332 e. The Bertz CT molecular complexity index is 675. The molecule has 5 nitrogen and oxygen atoms in total. The topological polar surface area (TPSA) is 74.8 Å². The summed E-state index contributed by atoms with van der Waals surface area (Å²) in [5, 5.41) is 0.0898. The van der Waals surface area contributed by atoms with Crippen LogP contribution < -0.4 is 4.72 Å². The van der Waals surface area contributed by atoms with Crippen LogP contribution in [0.25, 0.3) is 0 Å². The Kier molecular flexibility index (Phi) is 4.25. The second-order valence-electron chi connectivity index (χ2n) is 4.77. The average molecular weight is 293 g/mol. The number of rotatable bonds is 5. The van der Waals surface area contributed by atoms with Crippen molar-refractivity contribution in [3.8, 4) is 0 Å². The molecule has 0 saturated heterocycles. The summed E-state index contributed by atoms with van der Waals surface area (Å²) in [4.78, 5) is 6.64. The third kappa shape index (κ3) is 3.26. The van der Waals surface area contributed by atoms with Crippen molar-refractivity contribution in [2.45, 2.75) is 38.3 Å². The normalized spacial score (nSPS) is 13.3. The summed E-state index contributed by atoms with van der Waals surface area (Å²) in [6, 6.07) is 7.63. The quantitative estimate of drug-likeness (QED) is 0.888. The van der Waals surface area contributed by atoms with Gasteiger partial charge < -0.3 is 4.98 Å². The van der Waals surface area contributed by atoms with Crippen molar-refractivity contribution in [1.29, 1.82) is 0 Å². The van der Waals surface area contributed by atoms with Gasteiger partial charge in [0.15, 0.2) is 5.03 Å². The number of imidazole rings is 1. The SMILES string of the molecule is CCc1ccc(C(C)NS(=O)(=O)c2cnc(C)[nH]2)cc1. The second-order valence-corrected chi connectivity index (χ2v) is 6.45. The van der Waals surface area contributed by atoms with Gasteiger partial charge >= 0.3 is 0 Å². The number of hydrogen-bond donors (Lipinski definition) is 2. The van der Waals surface area contributed by atoms with Crippen LogP contribution in [0.3, 0.4) is 0 Å². The number of nitrogens with one attached hydrogen (secondary N) is 2. The lowest BCUT2D eigenvalue weighted by molar-refractivity contribution is 0.563. The van der Waals surface area contributed by atoms with Gasteiger partial charge in [0.1, 0.15) is 5.82 Å². The summed E-state index contributed by atoms with van der Waals surface area (Å²) < 4.78 is 27.0. The Morgan fingerprint density at radius 3 is 2.45 bits per heavy atom. The molecule has 0 radical (unpaired) electrons. The fourth-order valence-electron chi connectivity index (χ4n) is 1.94. The fourth-order valence-corrected chi connectivity index (χ4v) is 3.14. The van der Waals surface area contributed by atoms with Gasteiger partial charge in [0, 0.05) is 6.04 Å². The van der Waals surface area contributed by atoms with Crippen LogP contribution in [-0.4, -0.2) is 18.4 Å². The van der Waals surface area contributed by atoms with E-state index in [1.54, 1.807) is 6.92 Å². The summed E-state index contributed by atoms with van der Waals surface area (Å²) >= 11 is 0. The minimum atomic E-state index is -3.57. The number of aromatic amines is 1. The molecule has 1 aromatic heterocycles. The summed E-state index contributed by atoms with van der Waals surface area (Å²) in [6.45, 7) is 5.62. The molecule has 0 fully saturated rings. The van der Waals surface area contributed by atoms with Gasteiger partial charge in [-0.2, -0.15) is 0 Å². The van der Waals surface area contributed by atoms with E-state index in [0.717, 1.165) is 12.0 Å². The molecule has 1 atom stereocenters. The highest BCUT2D eigenvalue weighted by molar-refractivity contribution is 7.89. The van der Waals surface area contributed by atoms with Crippen LogP contribution in [-0.2, 0) is 16.4 Å². The van der Waals surface area contributed by atoms with Crippen LogP contribution in [0, 0.1) is 6.92 Å². The molecule has 1 unspecified atom stereocenters. The Balaban J connectivity index is 2.15. The van der Waals surface area contributed by atoms with E-state index in [1.165, 1.54) is 11.8 Å². The molecule has 2 aromatic rings. The predicted molar refractivity (Wildman–Crippen MR) is 77.9 cm³/mol. The van der Waals surface area contributed by atoms with Crippen LogP contribution in [0.15, 0.2) is 35.5 Å². The number of benzene rings is 1. The zero-order chi connectivity index (χ0) is 14.8. The van der Waals surface area contributed by atoms with Crippen molar-refractivity contribution in [2.24, 2.45) is 0 Å². The Morgan fingerprint density at radius 2 is 1.95 bits per heavy atom. The molecule has 1 heterocycles. The van der Waals surface area contributed by atoms with Crippen molar-refractivity contribution < 1.29 is 8.42 Å². The van der Waals surface area contributed by atoms with Crippen LogP contribution in [0.4, 0.5) is 0 Å². The van der Waals surface area contributed by atoms with Gasteiger partial charge in [-0.05, 0) is 31.4 Å². The molecule has 0 bridgehead atoms. The fraction of sp³-hybridized carbons (Fsp3) is 0.357. The smallest absolute Gasteiger partial charge is 0.258 e. The molecular formula is C14H19N3O2S. The van der Waals surface area contributed by atoms with Gasteiger partial charge in [0.05, 0.1) is 6.20 Å². The molecular weight excluding hydrogens is 274 g/mol. The van der Waals surface area contributed by atoms with Gasteiger partial charge in [0.2, 0.25) is 0 Å². The summed E-state index contributed by atoms with van der Waals surface area (Å²) in [5.74, 6) is 0.574. The van der Waals surface area contributed by atoms with Crippen molar-refractivity contribution in [1.82, 2.24) is 14.7 Å². The van der Waals surface area contributed by atoms with Crippen LogP contribution in [0.2, 0.25) is 0 Å². The van der Waals surface area contributed by atoms with Crippen molar-refractivity contribution in [3.05, 3.63) is 47.4 Å². The van der Waals surface area contributed by atoms with Crippen LogP contribution in [0.5, 0.6) is 0 Å². The first kappa shape index (κ1) is 14.7. The number of hydrogen-bond acceptors (Lipinski definition) is 3. The molecule has 0 aliphatic heterocycles. The summed E-state index contributed by atoms with van der Waals surface area (Å²) in [7, 11) is -3.57. The molecule has 20 heavy (non-hydrogen) atoms. The lowest BCUT2D eigenvalue weighted by atomic mass is 10.1. The Labute approximate surface area is 119 Å². The van der Waals surface area contributed by atoms with Crippen molar-refractivity contribution in [2.75, 3.05) is 0 Å². The van der Waals surface area contributed by atoms with Gasteiger partial charge in [-0.1, -0.05) is 31.2 Å². The number of aromatic nitrogens is 2. The number of nitrogens with zero attached hydrogens (tertiary/aromatic N) is 1. The lowest BCUT2D eigenvalue weighted by Crippen LogP contribution is -2.27. The molecule has 108 valence electrons. The van der Waals surface area contributed by atoms with Gasteiger partial charge in [-0.3, -0.25) is 0 Å². The van der Waals surface area contributed by atoms with Crippen LogP contribution in [0.1, 0.15) is 36.8 Å². The zero-order valence-electron chi connectivity index (χ0n) is 11.8. The Hall–Kier alpha value is -1.66. The van der Waals surface area contributed by atoms with E-state index in [0.29, 0.717) is 5.82 Å². The van der Waals surface area contributed by atoms with Crippen molar-refractivity contribution in [3.63, 3.8) is 0 Å². The first-order valence-corrected chi connectivity index (χ1v) is 8.03. The molecule has 6 heteroatoms. The maximum atomic E-state index is 12.2. The Morgan fingerprint density at radius 1 is 1.30 bits per heavy atom. The first-order chi connectivity index (χ1) is 9.42. The minimum absolute atomic E-state index is 0.0898. The van der Waals surface area contributed by atoms with E-state index < -0.39 is 10.0 Å². The zero-order valence-corrected chi connectivity index (χ0v) is 12.7. The van der Waals surface area contributed by atoms with E-state index >= 15 is 0 Å². The second kappa shape index (κ2) is 5.76. The van der Waals surface area contributed by atoms with Gasteiger partial charge in [-0.15, -0.1) is 0 Å². The highest BCUT2D eigenvalue weighted by Crippen LogP contribution is 2.17. The monoisotopic (exact) mass is 293 g/mol. The van der Waals surface area contributed by atoms with Gasteiger partial charge in [-0.25, -0.2) is 18.1 Å². The predicted octanol–water partition coefficient (Wildman–Crippen LogP) is 2.32. The first-order valence-electron chi connectivity index (χ1n) is 6.55. The van der Waals surface area contributed by atoms with Crippen molar-refractivity contribution >= 4 is 10.0 Å². The van der Waals surface area contributed by atoms with E-state index in [9.17, 15) is 8.42 Å².